The van der Waals surface area contributed by atoms with E-state index in [2.05, 4.69) is 10.3 Å². The van der Waals surface area contributed by atoms with Crippen molar-refractivity contribution in [1.82, 2.24) is 10.3 Å². The Morgan fingerprint density at radius 2 is 2.00 bits per heavy atom. The zero-order valence-electron chi connectivity index (χ0n) is 16.0. The highest BCUT2D eigenvalue weighted by molar-refractivity contribution is 6.07. The molecule has 1 unspecified atom stereocenters. The number of aromatic nitrogens is 1. The summed E-state index contributed by atoms with van der Waals surface area (Å²) in [5, 5.41) is 12.9. The number of carboxylic acid groups (broad SMARTS) is 1. The lowest BCUT2D eigenvalue weighted by molar-refractivity contribution is -0.140. The Bertz CT molecular complexity index is 853. The third kappa shape index (κ3) is 5.04. The second kappa shape index (κ2) is 7.64. The van der Waals surface area contributed by atoms with Gasteiger partial charge in [-0.1, -0.05) is 18.2 Å². The zero-order valence-corrected chi connectivity index (χ0v) is 16.0. The molecule has 27 heavy (non-hydrogen) atoms. The molecule has 0 radical (unpaired) electrons. The average Bonchev–Trinajstić information content (AvgIpc) is 3.43. The molecule has 1 amide bonds. The van der Waals surface area contributed by atoms with Crippen molar-refractivity contribution in [3.63, 3.8) is 0 Å². The molecule has 1 saturated carbocycles. The highest BCUT2D eigenvalue weighted by atomic mass is 16.5. The summed E-state index contributed by atoms with van der Waals surface area (Å²) in [5.74, 6) is -1.06. The minimum Gasteiger partial charge on any atom is -0.480 e. The first-order valence-electron chi connectivity index (χ1n) is 9.32. The molecule has 1 fully saturated rings. The van der Waals surface area contributed by atoms with E-state index in [-0.39, 0.29) is 18.6 Å². The third-order valence-corrected chi connectivity index (χ3v) is 4.52. The predicted molar refractivity (Wildman–Crippen MR) is 103 cm³/mol. The molecule has 1 atom stereocenters. The first-order valence-corrected chi connectivity index (χ1v) is 9.32. The maximum Gasteiger partial charge on any atom is 0.326 e. The third-order valence-electron chi connectivity index (χ3n) is 4.52. The Hall–Kier alpha value is -2.47. The second-order valence-corrected chi connectivity index (χ2v) is 8.00. The van der Waals surface area contributed by atoms with E-state index in [1.807, 2.05) is 45.0 Å². The fraction of sp³-hybridized carbons (Fsp3) is 0.476. The molecule has 1 aliphatic carbocycles. The van der Waals surface area contributed by atoms with Gasteiger partial charge in [-0.3, -0.25) is 9.78 Å². The van der Waals surface area contributed by atoms with Gasteiger partial charge in [0, 0.05) is 30.0 Å². The van der Waals surface area contributed by atoms with Gasteiger partial charge < -0.3 is 15.2 Å². The number of nitrogens with one attached hydrogen (secondary N) is 1. The summed E-state index contributed by atoms with van der Waals surface area (Å²) in [7, 11) is 0. The summed E-state index contributed by atoms with van der Waals surface area (Å²) in [6.45, 7) is 5.97. The van der Waals surface area contributed by atoms with Crippen LogP contribution in [0.1, 0.15) is 62.0 Å². The van der Waals surface area contributed by atoms with Gasteiger partial charge in [-0.25, -0.2) is 4.79 Å². The molecular formula is C21H26N2O4. The first-order chi connectivity index (χ1) is 12.7. The van der Waals surface area contributed by atoms with E-state index in [0.717, 1.165) is 29.4 Å². The van der Waals surface area contributed by atoms with Gasteiger partial charge in [0.15, 0.2) is 0 Å². The van der Waals surface area contributed by atoms with Crippen LogP contribution in [0.3, 0.4) is 0 Å². The molecule has 1 aromatic carbocycles. The van der Waals surface area contributed by atoms with Gasteiger partial charge in [0.25, 0.3) is 5.91 Å². The van der Waals surface area contributed by atoms with E-state index in [9.17, 15) is 14.7 Å². The molecule has 6 nitrogen and oxygen atoms in total. The number of amides is 1. The first kappa shape index (κ1) is 19.3. The lowest BCUT2D eigenvalue weighted by Crippen LogP contribution is -2.42. The fourth-order valence-electron chi connectivity index (χ4n) is 2.95. The topological polar surface area (TPSA) is 88.5 Å². The van der Waals surface area contributed by atoms with Gasteiger partial charge in [-0.2, -0.15) is 0 Å². The number of carbonyl (C=O) groups excluding carboxylic acids is 1. The number of benzene rings is 1. The number of hydrogen-bond donors (Lipinski definition) is 2. The highest BCUT2D eigenvalue weighted by Gasteiger charge is 2.28. The second-order valence-electron chi connectivity index (χ2n) is 8.00. The number of para-hydroxylation sites is 1. The van der Waals surface area contributed by atoms with Crippen molar-refractivity contribution in [2.75, 3.05) is 6.61 Å². The number of ether oxygens (including phenoxy) is 1. The Kier molecular flexibility index (Phi) is 5.46. The molecular weight excluding hydrogens is 344 g/mol. The average molecular weight is 370 g/mol. The SMILES string of the molecule is CC(C)(C)OCCC(NC(=O)c1cc(C2CC2)nc2ccccc12)C(=O)O. The number of aliphatic carboxylic acids is 1. The lowest BCUT2D eigenvalue weighted by Gasteiger charge is -2.21. The van der Waals surface area contributed by atoms with Crippen LogP contribution >= 0.6 is 0 Å². The van der Waals surface area contributed by atoms with Gasteiger partial charge >= 0.3 is 5.97 Å². The van der Waals surface area contributed by atoms with Crippen LogP contribution in [-0.4, -0.2) is 40.2 Å². The summed E-state index contributed by atoms with van der Waals surface area (Å²) in [6.07, 6.45) is 2.36. The molecule has 1 aromatic heterocycles. The zero-order chi connectivity index (χ0) is 19.6. The Balaban J connectivity index is 1.80. The van der Waals surface area contributed by atoms with Gasteiger partial charge in [0.05, 0.1) is 16.7 Å². The molecule has 2 N–H and O–H groups in total. The molecule has 1 heterocycles. The van der Waals surface area contributed by atoms with Crippen LogP contribution < -0.4 is 5.32 Å². The summed E-state index contributed by atoms with van der Waals surface area (Å²) in [4.78, 5) is 29.1. The van der Waals surface area contributed by atoms with Gasteiger partial charge in [-0.15, -0.1) is 0 Å². The molecule has 0 saturated heterocycles. The van der Waals surface area contributed by atoms with Crippen LogP contribution in [0.4, 0.5) is 0 Å². The maximum atomic E-state index is 12.9. The van der Waals surface area contributed by atoms with Crippen molar-refractivity contribution in [3.8, 4) is 0 Å². The van der Waals surface area contributed by atoms with E-state index in [0.29, 0.717) is 11.5 Å². The van der Waals surface area contributed by atoms with Gasteiger partial charge in [0.1, 0.15) is 6.04 Å². The van der Waals surface area contributed by atoms with Crippen LogP contribution in [0, 0.1) is 0 Å². The number of carboxylic acids is 1. The van der Waals surface area contributed by atoms with Crippen LogP contribution in [0.5, 0.6) is 0 Å². The highest BCUT2D eigenvalue weighted by Crippen LogP contribution is 2.40. The molecule has 144 valence electrons. The van der Waals surface area contributed by atoms with Crippen molar-refractivity contribution in [2.24, 2.45) is 0 Å². The van der Waals surface area contributed by atoms with Crippen molar-refractivity contribution >= 4 is 22.8 Å². The van der Waals surface area contributed by atoms with E-state index < -0.39 is 17.9 Å². The van der Waals surface area contributed by atoms with Crippen LogP contribution in [0.2, 0.25) is 0 Å². The monoisotopic (exact) mass is 370 g/mol. The standard InChI is InChI=1S/C21H26N2O4/c1-21(2,3)27-11-10-17(20(25)26)23-19(24)15-12-18(13-8-9-13)22-16-7-5-4-6-14(15)16/h4-7,12-13,17H,8-11H2,1-3H3,(H,23,24)(H,25,26). The fourth-order valence-corrected chi connectivity index (χ4v) is 2.95. The van der Waals surface area contributed by atoms with Crippen molar-refractivity contribution < 1.29 is 19.4 Å². The largest absolute Gasteiger partial charge is 0.480 e. The smallest absolute Gasteiger partial charge is 0.326 e. The molecule has 0 bridgehead atoms. The molecule has 3 rings (SSSR count). The number of pyridine rings is 1. The Morgan fingerprint density at radius 3 is 2.63 bits per heavy atom. The maximum absolute atomic E-state index is 12.9. The van der Waals surface area contributed by atoms with E-state index in [4.69, 9.17) is 4.74 Å². The molecule has 0 aliphatic heterocycles. The number of carbonyl (C=O) groups is 2. The summed E-state index contributed by atoms with van der Waals surface area (Å²) in [6, 6.07) is 8.26. The number of nitrogens with zero attached hydrogens (tertiary/aromatic N) is 1. The minimum atomic E-state index is -1.07. The minimum absolute atomic E-state index is 0.205. The lowest BCUT2D eigenvalue weighted by atomic mass is 10.0. The summed E-state index contributed by atoms with van der Waals surface area (Å²) < 4.78 is 5.60. The Labute approximate surface area is 158 Å². The predicted octanol–water partition coefficient (Wildman–Crippen LogP) is 3.50. The van der Waals surface area contributed by atoms with Gasteiger partial charge in [0.2, 0.25) is 0 Å². The van der Waals surface area contributed by atoms with Crippen LogP contribution in [0.25, 0.3) is 10.9 Å². The van der Waals surface area contributed by atoms with Crippen molar-refractivity contribution in [2.45, 2.75) is 57.6 Å². The summed E-state index contributed by atoms with van der Waals surface area (Å²) >= 11 is 0. The molecule has 2 aromatic rings. The number of hydrogen-bond acceptors (Lipinski definition) is 4. The van der Waals surface area contributed by atoms with Crippen LogP contribution in [-0.2, 0) is 9.53 Å². The Morgan fingerprint density at radius 1 is 1.30 bits per heavy atom. The number of fused-ring (bicyclic) bond motifs is 1. The molecule has 6 heteroatoms. The summed E-state index contributed by atoms with van der Waals surface area (Å²) in [5.41, 5.74) is 1.79. The number of rotatable bonds is 7. The van der Waals surface area contributed by atoms with E-state index >= 15 is 0 Å². The normalized spacial score (nSPS) is 15.5. The van der Waals surface area contributed by atoms with Crippen molar-refractivity contribution in [3.05, 3.63) is 41.6 Å². The van der Waals surface area contributed by atoms with Crippen molar-refractivity contribution in [1.29, 1.82) is 0 Å². The quantitative estimate of drug-likeness (QED) is 0.779. The van der Waals surface area contributed by atoms with Gasteiger partial charge in [-0.05, 0) is 45.7 Å². The molecule has 0 spiro atoms. The van der Waals surface area contributed by atoms with Crippen LogP contribution in [0.15, 0.2) is 30.3 Å². The molecule has 1 aliphatic rings. The van der Waals surface area contributed by atoms with E-state index in [1.54, 1.807) is 6.07 Å². The van der Waals surface area contributed by atoms with E-state index in [1.165, 1.54) is 0 Å².